The van der Waals surface area contributed by atoms with Gasteiger partial charge in [-0.05, 0) is 40.2 Å². The van der Waals surface area contributed by atoms with Crippen LogP contribution in [0.3, 0.4) is 0 Å². The van der Waals surface area contributed by atoms with Crippen LogP contribution >= 0.6 is 27.5 Å². The Kier molecular flexibility index (Phi) is 4.12. The van der Waals surface area contributed by atoms with Crippen molar-refractivity contribution in [1.82, 2.24) is 28.7 Å². The van der Waals surface area contributed by atoms with E-state index in [1.165, 1.54) is 0 Å². The number of nitrogen functional groups attached to an aromatic ring is 1. The van der Waals surface area contributed by atoms with Gasteiger partial charge in [0.1, 0.15) is 11.5 Å². The van der Waals surface area contributed by atoms with Gasteiger partial charge in [0.2, 0.25) is 0 Å². The maximum Gasteiger partial charge on any atom is 0.158 e. The lowest BCUT2D eigenvalue weighted by atomic mass is 10.1. The summed E-state index contributed by atoms with van der Waals surface area (Å²) in [6.07, 6.45) is 5.86. The minimum Gasteiger partial charge on any atom is -0.384 e. The van der Waals surface area contributed by atoms with Crippen molar-refractivity contribution in [3.63, 3.8) is 0 Å². The summed E-state index contributed by atoms with van der Waals surface area (Å²) < 4.78 is 6.63. The number of anilines is 1. The fraction of sp³-hybridized carbons (Fsp3) is 0.0870. The summed E-state index contributed by atoms with van der Waals surface area (Å²) in [4.78, 5) is 9.40. The van der Waals surface area contributed by atoms with E-state index in [1.54, 1.807) is 10.7 Å². The second-order valence-corrected chi connectivity index (χ2v) is 9.21. The Morgan fingerprint density at radius 2 is 1.72 bits per heavy atom. The summed E-state index contributed by atoms with van der Waals surface area (Å²) in [7, 11) is 3.98. The second-order valence-electron chi connectivity index (χ2n) is 7.86. The van der Waals surface area contributed by atoms with Crippen LogP contribution in [0.1, 0.15) is 0 Å². The summed E-state index contributed by atoms with van der Waals surface area (Å²) in [6, 6.07) is 11.7. The zero-order valence-corrected chi connectivity index (χ0v) is 19.6. The van der Waals surface area contributed by atoms with E-state index >= 15 is 0 Å². The molecule has 0 saturated carbocycles. The van der Waals surface area contributed by atoms with Gasteiger partial charge in [-0.1, -0.05) is 11.6 Å². The molecule has 5 aromatic heterocycles. The molecule has 158 valence electrons. The van der Waals surface area contributed by atoms with Crippen LogP contribution in [0.4, 0.5) is 5.82 Å². The monoisotopic (exact) mass is 505 g/mol. The van der Waals surface area contributed by atoms with Gasteiger partial charge in [-0.15, -0.1) is 0 Å². The van der Waals surface area contributed by atoms with Crippen LogP contribution < -0.4 is 5.73 Å². The summed E-state index contributed by atoms with van der Waals surface area (Å²) in [6.45, 7) is 0. The third-order valence-electron chi connectivity index (χ3n) is 5.74. The van der Waals surface area contributed by atoms with Gasteiger partial charge in [0.25, 0.3) is 0 Å². The molecule has 0 aliphatic heterocycles. The Balaban J connectivity index is 1.56. The van der Waals surface area contributed by atoms with E-state index in [2.05, 4.69) is 25.5 Å². The Bertz CT molecular complexity index is 1690. The topological polar surface area (TPSA) is 79.0 Å². The number of fused-ring (bicyclic) bond motifs is 3. The Morgan fingerprint density at radius 1 is 0.938 bits per heavy atom. The molecule has 0 radical (unpaired) electrons. The van der Waals surface area contributed by atoms with Gasteiger partial charge < -0.3 is 14.9 Å². The SMILES string of the molecule is Cn1cc(-c2cc3nc(-c4cn(C)c5ncc(Br)cc45)cc(N)n3n2)c2cc(Cl)ccc21. The van der Waals surface area contributed by atoms with Gasteiger partial charge in [-0.3, -0.25) is 0 Å². The Hall–Kier alpha value is -3.36. The van der Waals surface area contributed by atoms with E-state index in [-0.39, 0.29) is 0 Å². The first-order valence-electron chi connectivity index (χ1n) is 9.91. The predicted octanol–water partition coefficient (Wildman–Crippen LogP) is 5.44. The first kappa shape index (κ1) is 19.3. The molecule has 6 aromatic rings. The highest BCUT2D eigenvalue weighted by Crippen LogP contribution is 2.34. The van der Waals surface area contributed by atoms with E-state index < -0.39 is 0 Å². The Morgan fingerprint density at radius 3 is 2.56 bits per heavy atom. The van der Waals surface area contributed by atoms with Crippen molar-refractivity contribution in [2.75, 3.05) is 5.73 Å². The van der Waals surface area contributed by atoms with Crippen molar-refractivity contribution in [2.24, 2.45) is 14.1 Å². The van der Waals surface area contributed by atoms with Crippen LogP contribution in [0.25, 0.3) is 50.1 Å². The summed E-state index contributed by atoms with van der Waals surface area (Å²) in [5.74, 6) is 0.509. The highest BCUT2D eigenvalue weighted by Gasteiger charge is 2.17. The zero-order valence-electron chi connectivity index (χ0n) is 17.2. The van der Waals surface area contributed by atoms with Crippen LogP contribution in [0.2, 0.25) is 5.02 Å². The molecule has 0 saturated heterocycles. The summed E-state index contributed by atoms with van der Waals surface area (Å²) in [5.41, 5.74) is 12.6. The quantitative estimate of drug-likeness (QED) is 0.339. The van der Waals surface area contributed by atoms with E-state index in [0.717, 1.165) is 48.9 Å². The average molecular weight is 507 g/mol. The number of rotatable bonds is 2. The zero-order chi connectivity index (χ0) is 22.1. The standard InChI is InChI=1S/C23H17BrClN7/c1-30-10-16(14-6-13(25)3-4-20(14)30)19-8-22-28-18(7-21(26)32(22)29-19)17-11-31(2)23-15(17)5-12(24)9-27-23/h3-11H,26H2,1-2H3. The molecule has 0 bridgehead atoms. The largest absolute Gasteiger partial charge is 0.384 e. The first-order valence-corrected chi connectivity index (χ1v) is 11.1. The van der Waals surface area contributed by atoms with Gasteiger partial charge >= 0.3 is 0 Å². The molecule has 0 spiro atoms. The molecule has 9 heteroatoms. The number of aromatic nitrogens is 6. The number of halogens is 2. The molecule has 7 nitrogen and oxygen atoms in total. The highest BCUT2D eigenvalue weighted by molar-refractivity contribution is 9.10. The molecule has 0 unspecified atom stereocenters. The van der Waals surface area contributed by atoms with E-state index in [9.17, 15) is 0 Å². The third-order valence-corrected chi connectivity index (χ3v) is 6.41. The number of hydrogen-bond donors (Lipinski definition) is 1. The molecule has 1 aromatic carbocycles. The molecule has 2 N–H and O–H groups in total. The van der Waals surface area contributed by atoms with Gasteiger partial charge in [0.15, 0.2) is 5.65 Å². The van der Waals surface area contributed by atoms with Gasteiger partial charge in [-0.25, -0.2) is 9.97 Å². The minimum atomic E-state index is 0.509. The number of nitrogens with zero attached hydrogens (tertiary/aromatic N) is 6. The van der Waals surface area contributed by atoms with Gasteiger partial charge in [-0.2, -0.15) is 9.61 Å². The van der Waals surface area contributed by atoms with Crippen LogP contribution in [0.15, 0.2) is 59.5 Å². The summed E-state index contributed by atoms with van der Waals surface area (Å²) >= 11 is 9.78. The molecule has 0 atom stereocenters. The maximum absolute atomic E-state index is 6.41. The maximum atomic E-state index is 6.41. The van der Waals surface area contributed by atoms with E-state index in [0.29, 0.717) is 16.5 Å². The number of aryl methyl sites for hydroxylation is 2. The number of hydrogen-bond acceptors (Lipinski definition) is 4. The van der Waals surface area contributed by atoms with E-state index in [4.69, 9.17) is 27.4 Å². The van der Waals surface area contributed by atoms with Gasteiger partial charge in [0, 0.05) is 81.7 Å². The van der Waals surface area contributed by atoms with Crippen molar-refractivity contribution >= 4 is 60.9 Å². The lowest BCUT2D eigenvalue weighted by molar-refractivity contribution is 0.944. The van der Waals surface area contributed by atoms with Crippen LogP contribution in [-0.2, 0) is 14.1 Å². The molecule has 0 aliphatic rings. The van der Waals surface area contributed by atoms with Crippen LogP contribution in [-0.4, -0.2) is 28.7 Å². The van der Waals surface area contributed by atoms with Crippen molar-refractivity contribution in [1.29, 1.82) is 0 Å². The average Bonchev–Trinajstić information content (AvgIpc) is 3.42. The fourth-order valence-electron chi connectivity index (χ4n) is 4.28. The number of nitrogens with two attached hydrogens (primary N) is 1. The second kappa shape index (κ2) is 6.82. The number of benzene rings is 1. The molecule has 6 rings (SSSR count). The molecule has 0 amide bonds. The van der Waals surface area contributed by atoms with Crippen molar-refractivity contribution in [3.8, 4) is 22.5 Å². The molecular formula is C23H17BrClN7. The molecule has 0 aliphatic carbocycles. The first-order chi connectivity index (χ1) is 15.4. The van der Waals surface area contributed by atoms with Gasteiger partial charge in [0.05, 0.1) is 11.4 Å². The molecule has 0 fully saturated rings. The lowest BCUT2D eigenvalue weighted by Crippen LogP contribution is -2.01. The Labute approximate surface area is 196 Å². The van der Waals surface area contributed by atoms with Crippen molar-refractivity contribution in [2.45, 2.75) is 0 Å². The van der Waals surface area contributed by atoms with Crippen molar-refractivity contribution < 1.29 is 0 Å². The highest BCUT2D eigenvalue weighted by atomic mass is 79.9. The predicted molar refractivity (Wildman–Crippen MR) is 132 cm³/mol. The fourth-order valence-corrected chi connectivity index (χ4v) is 4.78. The van der Waals surface area contributed by atoms with E-state index in [1.807, 2.05) is 67.5 Å². The normalized spacial score (nSPS) is 11.9. The third kappa shape index (κ3) is 2.83. The lowest BCUT2D eigenvalue weighted by Gasteiger charge is -2.03. The van der Waals surface area contributed by atoms with Crippen LogP contribution in [0, 0.1) is 0 Å². The number of pyridine rings is 1. The molecule has 32 heavy (non-hydrogen) atoms. The minimum absolute atomic E-state index is 0.509. The van der Waals surface area contributed by atoms with Crippen LogP contribution in [0.5, 0.6) is 0 Å². The summed E-state index contributed by atoms with van der Waals surface area (Å²) in [5, 5.41) is 7.46. The molecule has 5 heterocycles. The molecular weight excluding hydrogens is 490 g/mol. The van der Waals surface area contributed by atoms with Crippen molar-refractivity contribution in [3.05, 3.63) is 64.5 Å². The smallest absolute Gasteiger partial charge is 0.158 e.